The summed E-state index contributed by atoms with van der Waals surface area (Å²) in [6.07, 6.45) is 3.83. The Morgan fingerprint density at radius 1 is 0.540 bits per heavy atom. The average Bonchev–Trinajstić information content (AvgIpc) is 3.08. The fourth-order valence-corrected chi connectivity index (χ4v) is 5.81. The Morgan fingerprint density at radius 2 is 0.900 bits per heavy atom. The zero-order chi connectivity index (χ0) is 36.3. The molecule has 0 saturated heterocycles. The van der Waals surface area contributed by atoms with E-state index in [1.165, 1.54) is 36.4 Å². The maximum absolute atomic E-state index is 11.0. The normalized spacial score (nSPS) is 12.2. The highest BCUT2D eigenvalue weighted by Gasteiger charge is 2.20. The van der Waals surface area contributed by atoms with Crippen molar-refractivity contribution < 1.29 is 18.8 Å². The monoisotopic (exact) mass is 720 g/mol. The number of hydrogen-bond acceptors (Lipinski definition) is 8. The highest BCUT2D eigenvalue weighted by Crippen LogP contribution is 2.33. The molecular weight excluding hydrogens is 679 g/mol. The van der Waals surface area contributed by atoms with Gasteiger partial charge in [-0.15, -0.1) is 10.2 Å². The van der Waals surface area contributed by atoms with Crippen molar-refractivity contribution in [1.29, 1.82) is 0 Å². The third-order valence-electron chi connectivity index (χ3n) is 8.55. The van der Waals surface area contributed by atoms with Crippen LogP contribution in [-0.4, -0.2) is 73.2 Å². The van der Waals surface area contributed by atoms with E-state index in [1.54, 1.807) is 0 Å². The maximum Gasteiger partial charge on any atom is 0.271 e. The van der Waals surface area contributed by atoms with Gasteiger partial charge in [-0.3, -0.25) is 20.2 Å². The molecule has 262 valence electrons. The van der Waals surface area contributed by atoms with Gasteiger partial charge in [-0.25, -0.2) is 0 Å². The fraction of sp³-hybridized carbons (Fsp3) is 0.333. The zero-order valence-electron chi connectivity index (χ0n) is 28.7. The summed E-state index contributed by atoms with van der Waals surface area (Å²) in [5, 5.41) is 39.7. The van der Waals surface area contributed by atoms with Crippen molar-refractivity contribution in [2.45, 2.75) is 25.7 Å². The first kappa shape index (κ1) is 38.2. The summed E-state index contributed by atoms with van der Waals surface area (Å²) in [5.74, 6) is 0. The third kappa shape index (κ3) is 11.5. The van der Waals surface area contributed by atoms with Gasteiger partial charge in [0.15, 0.2) is 0 Å². The average molecular weight is 722 g/mol. The van der Waals surface area contributed by atoms with E-state index in [0.29, 0.717) is 11.4 Å². The van der Waals surface area contributed by atoms with E-state index < -0.39 is 9.85 Å². The Bertz CT molecular complexity index is 1750. The molecule has 12 nitrogen and oxygen atoms in total. The summed E-state index contributed by atoms with van der Waals surface area (Å²) in [4.78, 5) is 21.0. The molecule has 0 N–H and O–H groups in total. The van der Waals surface area contributed by atoms with E-state index in [9.17, 15) is 20.2 Å². The fourth-order valence-electron chi connectivity index (χ4n) is 5.39. The lowest BCUT2D eigenvalue weighted by atomic mass is 10.1. The Balaban J connectivity index is 1.25. The van der Waals surface area contributed by atoms with Crippen LogP contribution in [0, 0.1) is 20.2 Å². The number of non-ortho nitro benzene ring substituents is 2. The van der Waals surface area contributed by atoms with Crippen LogP contribution in [0.3, 0.4) is 0 Å². The first-order chi connectivity index (χ1) is 23.7. The number of nitro benzene ring substituents is 2. The molecule has 0 aliphatic rings. The van der Waals surface area contributed by atoms with Crippen LogP contribution in [0.1, 0.15) is 24.0 Å². The van der Waals surface area contributed by atoms with Crippen molar-refractivity contribution in [2.75, 3.05) is 54.4 Å². The van der Waals surface area contributed by atoms with Gasteiger partial charge in [-0.1, -0.05) is 59.6 Å². The van der Waals surface area contributed by atoms with E-state index in [0.717, 1.165) is 83.3 Å². The molecule has 4 aromatic rings. The number of benzene rings is 4. The second kappa shape index (κ2) is 17.3. The van der Waals surface area contributed by atoms with Gasteiger partial charge in [-0.05, 0) is 35.4 Å². The summed E-state index contributed by atoms with van der Waals surface area (Å²) in [6, 6.07) is 24.0. The second-order valence-corrected chi connectivity index (χ2v) is 14.2. The van der Waals surface area contributed by atoms with Gasteiger partial charge in [0, 0.05) is 49.9 Å². The molecule has 0 atom stereocenters. The van der Waals surface area contributed by atoms with Crippen molar-refractivity contribution in [1.82, 2.24) is 0 Å². The lowest BCUT2D eigenvalue weighted by Crippen LogP contribution is -2.44. The van der Waals surface area contributed by atoms with Gasteiger partial charge < -0.3 is 8.97 Å². The molecule has 50 heavy (non-hydrogen) atoms. The number of likely N-dealkylation sites (N-methyl/N-ethyl adjacent to an activating group) is 2. The minimum Gasteiger partial charge on any atom is -0.328 e. The SMILES string of the molecule is C[N+](C)(CCCC[N+](C)(C)CCc1ccccc1/N=N/c1ccc([N+](=O)[O-])cc1Cl)CCc1ccccc1/N=N/c1ccc([N+](=O)[O-])cc1Cl. The molecule has 0 aliphatic heterocycles. The van der Waals surface area contributed by atoms with Crippen LogP contribution in [0.4, 0.5) is 34.1 Å². The second-order valence-electron chi connectivity index (χ2n) is 13.4. The number of unbranched alkanes of at least 4 members (excludes halogenated alkanes) is 1. The Labute approximate surface area is 302 Å². The first-order valence-corrected chi connectivity index (χ1v) is 17.0. The van der Waals surface area contributed by atoms with E-state index in [1.807, 2.05) is 36.4 Å². The Hall–Kier alpha value is -4.62. The number of azo groups is 2. The van der Waals surface area contributed by atoms with Crippen LogP contribution in [0.25, 0.3) is 0 Å². The third-order valence-corrected chi connectivity index (χ3v) is 9.15. The highest BCUT2D eigenvalue weighted by atomic mass is 35.5. The molecule has 4 aromatic carbocycles. The minimum atomic E-state index is -0.495. The van der Waals surface area contributed by atoms with Gasteiger partial charge >= 0.3 is 0 Å². The number of hydrogen-bond donors (Lipinski definition) is 0. The van der Waals surface area contributed by atoms with Crippen LogP contribution < -0.4 is 0 Å². The van der Waals surface area contributed by atoms with Crippen molar-refractivity contribution >= 4 is 57.3 Å². The lowest BCUT2D eigenvalue weighted by molar-refractivity contribution is -0.896. The van der Waals surface area contributed by atoms with Crippen LogP contribution in [0.15, 0.2) is 105 Å². The predicted octanol–water partition coefficient (Wildman–Crippen LogP) is 10.4. The van der Waals surface area contributed by atoms with Crippen LogP contribution in [0.5, 0.6) is 0 Å². The Morgan fingerprint density at radius 3 is 1.26 bits per heavy atom. The topological polar surface area (TPSA) is 136 Å². The number of quaternary nitrogens is 2. The van der Waals surface area contributed by atoms with Crippen molar-refractivity contribution in [3.8, 4) is 0 Å². The summed E-state index contributed by atoms with van der Waals surface area (Å²) in [5.41, 5.74) is 4.23. The minimum absolute atomic E-state index is 0.0903. The maximum atomic E-state index is 11.0. The van der Waals surface area contributed by atoms with Gasteiger partial charge in [0.1, 0.15) is 11.4 Å². The molecule has 0 heterocycles. The van der Waals surface area contributed by atoms with Gasteiger partial charge in [0.25, 0.3) is 11.4 Å². The number of nitro groups is 2. The predicted molar refractivity (Wildman–Crippen MR) is 198 cm³/mol. The van der Waals surface area contributed by atoms with Crippen molar-refractivity contribution in [3.63, 3.8) is 0 Å². The molecule has 0 aliphatic carbocycles. The molecule has 0 fully saturated rings. The molecule has 0 saturated carbocycles. The van der Waals surface area contributed by atoms with E-state index in [-0.39, 0.29) is 21.4 Å². The van der Waals surface area contributed by atoms with Gasteiger partial charge in [0.05, 0.1) is 85.6 Å². The van der Waals surface area contributed by atoms with Crippen molar-refractivity contribution in [2.24, 2.45) is 20.5 Å². The van der Waals surface area contributed by atoms with Crippen LogP contribution in [0.2, 0.25) is 10.0 Å². The number of halogens is 2. The van der Waals surface area contributed by atoms with Gasteiger partial charge in [-0.2, -0.15) is 10.2 Å². The molecule has 14 heteroatoms. The molecular formula is C36H42Cl2N8O4+2. The molecule has 4 rings (SSSR count). The van der Waals surface area contributed by atoms with Crippen LogP contribution >= 0.6 is 23.2 Å². The van der Waals surface area contributed by atoms with Crippen LogP contribution in [-0.2, 0) is 12.8 Å². The lowest BCUT2D eigenvalue weighted by Gasteiger charge is -2.32. The first-order valence-electron chi connectivity index (χ1n) is 16.2. The molecule has 0 unspecified atom stereocenters. The quantitative estimate of drug-likeness (QED) is 0.0352. The van der Waals surface area contributed by atoms with E-state index in [4.69, 9.17) is 23.2 Å². The summed E-state index contributed by atoms with van der Waals surface area (Å²) >= 11 is 12.4. The number of rotatable bonds is 17. The highest BCUT2D eigenvalue weighted by molar-refractivity contribution is 6.33. The summed E-state index contributed by atoms with van der Waals surface area (Å²) in [7, 11) is 8.98. The molecule has 0 aromatic heterocycles. The molecule has 0 spiro atoms. The largest absolute Gasteiger partial charge is 0.328 e. The zero-order valence-corrected chi connectivity index (χ0v) is 30.2. The van der Waals surface area contributed by atoms with E-state index in [2.05, 4.69) is 60.8 Å². The Kier molecular flexibility index (Phi) is 13.3. The standard InChI is InChI=1S/C36H42Cl2N8O4/c1-45(2,23-19-27-11-5-7-13-33(27)39-41-35-17-15-29(43(47)48)25-31(35)37)21-9-10-22-46(3,4)24-20-28-12-6-8-14-34(28)40-42-36-18-16-30(44(49)50)26-32(36)38/h5-8,11-18,25-26H,9-10,19-24H2,1-4H3/q+2/b41-39+,42-40+. The summed E-state index contributed by atoms with van der Waals surface area (Å²) in [6.45, 7) is 3.94. The smallest absolute Gasteiger partial charge is 0.271 e. The van der Waals surface area contributed by atoms with Gasteiger partial charge in [0.2, 0.25) is 0 Å². The number of nitrogens with zero attached hydrogens (tertiary/aromatic N) is 8. The molecule has 0 amide bonds. The summed E-state index contributed by atoms with van der Waals surface area (Å²) < 4.78 is 1.73. The van der Waals surface area contributed by atoms with E-state index >= 15 is 0 Å². The molecule has 0 radical (unpaired) electrons. The molecule has 0 bridgehead atoms. The van der Waals surface area contributed by atoms with Crippen molar-refractivity contribution in [3.05, 3.63) is 126 Å².